The first-order chi connectivity index (χ1) is 12.7. The van der Waals surface area contributed by atoms with Crippen molar-refractivity contribution in [1.82, 2.24) is 15.3 Å². The van der Waals surface area contributed by atoms with Crippen molar-refractivity contribution in [3.63, 3.8) is 0 Å². The Labute approximate surface area is 150 Å². The van der Waals surface area contributed by atoms with Gasteiger partial charge < -0.3 is 10.1 Å². The van der Waals surface area contributed by atoms with Crippen LogP contribution in [-0.4, -0.2) is 35.1 Å². The molecule has 5 nitrogen and oxygen atoms in total. The van der Waals surface area contributed by atoms with Crippen LogP contribution in [-0.2, 0) is 11.2 Å². The van der Waals surface area contributed by atoms with Gasteiger partial charge in [0.25, 0.3) is 5.91 Å². The molecule has 0 spiro atoms. The molecule has 0 radical (unpaired) electrons. The SMILES string of the molecule is O=C(N[C@H]1COC[C@H]1Cc1ccnc2ccccc12)c1ccncc1F. The number of fused-ring (bicyclic) bond motifs is 1. The zero-order chi connectivity index (χ0) is 17.9. The van der Waals surface area contributed by atoms with Gasteiger partial charge in [0.2, 0.25) is 0 Å². The van der Waals surface area contributed by atoms with Gasteiger partial charge >= 0.3 is 0 Å². The van der Waals surface area contributed by atoms with E-state index in [1.165, 1.54) is 17.8 Å². The fraction of sp³-hybridized carbons (Fsp3) is 0.250. The summed E-state index contributed by atoms with van der Waals surface area (Å²) in [5, 5.41) is 4.01. The molecule has 132 valence electrons. The first-order valence-corrected chi connectivity index (χ1v) is 8.53. The summed E-state index contributed by atoms with van der Waals surface area (Å²) in [6.07, 6.45) is 5.00. The van der Waals surface area contributed by atoms with Gasteiger partial charge in [-0.3, -0.25) is 14.8 Å². The van der Waals surface area contributed by atoms with E-state index in [1.807, 2.05) is 30.3 Å². The summed E-state index contributed by atoms with van der Waals surface area (Å²) in [6, 6.07) is 11.2. The Bertz CT molecular complexity index is 942. The number of hydrogen-bond acceptors (Lipinski definition) is 4. The third-order valence-electron chi connectivity index (χ3n) is 4.75. The highest BCUT2D eigenvalue weighted by atomic mass is 19.1. The molecule has 0 saturated carbocycles. The Morgan fingerprint density at radius 1 is 1.19 bits per heavy atom. The van der Waals surface area contributed by atoms with Crippen molar-refractivity contribution in [3.8, 4) is 0 Å². The van der Waals surface area contributed by atoms with E-state index in [0.717, 1.165) is 23.5 Å². The highest BCUT2D eigenvalue weighted by Crippen LogP contribution is 2.24. The number of carbonyl (C=O) groups excluding carboxylic acids is 1. The molecule has 1 saturated heterocycles. The third-order valence-corrected chi connectivity index (χ3v) is 4.75. The van der Waals surface area contributed by atoms with Crippen molar-refractivity contribution < 1.29 is 13.9 Å². The molecule has 1 N–H and O–H groups in total. The van der Waals surface area contributed by atoms with Gasteiger partial charge in [-0.25, -0.2) is 4.39 Å². The van der Waals surface area contributed by atoms with E-state index in [-0.39, 0.29) is 17.5 Å². The van der Waals surface area contributed by atoms with E-state index >= 15 is 0 Å². The minimum Gasteiger partial charge on any atom is -0.379 e. The molecule has 1 amide bonds. The molecule has 0 aliphatic carbocycles. The Kier molecular flexibility index (Phi) is 4.58. The van der Waals surface area contributed by atoms with Crippen LogP contribution in [0.3, 0.4) is 0 Å². The maximum atomic E-state index is 13.8. The minimum absolute atomic E-state index is 0.0000101. The lowest BCUT2D eigenvalue weighted by atomic mass is 9.93. The van der Waals surface area contributed by atoms with Gasteiger partial charge in [0, 0.05) is 23.7 Å². The molecular formula is C20H18FN3O2. The molecule has 1 aliphatic heterocycles. The third kappa shape index (κ3) is 3.28. The summed E-state index contributed by atoms with van der Waals surface area (Å²) in [7, 11) is 0. The second-order valence-corrected chi connectivity index (χ2v) is 6.42. The number of aromatic nitrogens is 2. The normalized spacial score (nSPS) is 19.6. The molecule has 3 aromatic rings. The quantitative estimate of drug-likeness (QED) is 0.785. The molecular weight excluding hydrogens is 333 g/mol. The van der Waals surface area contributed by atoms with Crippen LogP contribution in [0.1, 0.15) is 15.9 Å². The summed E-state index contributed by atoms with van der Waals surface area (Å²) in [6.45, 7) is 0.979. The minimum atomic E-state index is -0.624. The summed E-state index contributed by atoms with van der Waals surface area (Å²) in [4.78, 5) is 20.4. The molecule has 1 fully saturated rings. The van der Waals surface area contributed by atoms with Crippen molar-refractivity contribution in [2.24, 2.45) is 5.92 Å². The van der Waals surface area contributed by atoms with Crippen molar-refractivity contribution in [1.29, 1.82) is 0 Å². The van der Waals surface area contributed by atoms with E-state index in [0.29, 0.717) is 13.2 Å². The van der Waals surface area contributed by atoms with Crippen LogP contribution in [0.5, 0.6) is 0 Å². The first kappa shape index (κ1) is 16.6. The number of nitrogens with one attached hydrogen (secondary N) is 1. The van der Waals surface area contributed by atoms with Gasteiger partial charge in [-0.05, 0) is 30.2 Å². The molecule has 1 aromatic carbocycles. The molecule has 4 rings (SSSR count). The van der Waals surface area contributed by atoms with Crippen molar-refractivity contribution in [2.45, 2.75) is 12.5 Å². The lowest BCUT2D eigenvalue weighted by Crippen LogP contribution is -2.41. The van der Waals surface area contributed by atoms with Crippen LogP contribution in [0.4, 0.5) is 4.39 Å². The Hall–Kier alpha value is -2.86. The predicted octanol–water partition coefficient (Wildman–Crippen LogP) is 2.76. The zero-order valence-corrected chi connectivity index (χ0v) is 14.1. The number of pyridine rings is 2. The molecule has 6 heteroatoms. The summed E-state index contributed by atoms with van der Waals surface area (Å²) in [5.74, 6) is -0.944. The van der Waals surface area contributed by atoms with Crippen LogP contribution in [0.2, 0.25) is 0 Å². The molecule has 0 bridgehead atoms. The Morgan fingerprint density at radius 2 is 2.08 bits per heavy atom. The molecule has 1 aliphatic rings. The highest BCUT2D eigenvalue weighted by Gasteiger charge is 2.30. The number of amides is 1. The number of halogens is 1. The second-order valence-electron chi connectivity index (χ2n) is 6.42. The molecule has 3 heterocycles. The predicted molar refractivity (Wildman–Crippen MR) is 95.2 cm³/mol. The molecule has 2 aromatic heterocycles. The van der Waals surface area contributed by atoms with E-state index in [9.17, 15) is 9.18 Å². The van der Waals surface area contributed by atoms with E-state index in [2.05, 4.69) is 15.3 Å². The monoisotopic (exact) mass is 351 g/mol. The number of carbonyl (C=O) groups is 1. The molecule has 26 heavy (non-hydrogen) atoms. The van der Waals surface area contributed by atoms with Gasteiger partial charge in [0.1, 0.15) is 0 Å². The zero-order valence-electron chi connectivity index (χ0n) is 14.1. The van der Waals surface area contributed by atoms with E-state index < -0.39 is 11.7 Å². The summed E-state index contributed by atoms with van der Waals surface area (Å²) in [5.41, 5.74) is 2.11. The molecule has 2 atom stereocenters. The van der Waals surface area contributed by atoms with E-state index in [4.69, 9.17) is 4.74 Å². The van der Waals surface area contributed by atoms with Gasteiger partial charge in [0.05, 0.1) is 36.5 Å². The lowest BCUT2D eigenvalue weighted by Gasteiger charge is -2.20. The van der Waals surface area contributed by atoms with Crippen molar-refractivity contribution in [3.05, 3.63) is 71.9 Å². The van der Waals surface area contributed by atoms with Crippen LogP contribution in [0, 0.1) is 11.7 Å². The maximum absolute atomic E-state index is 13.8. The highest BCUT2D eigenvalue weighted by molar-refractivity contribution is 5.94. The fourth-order valence-electron chi connectivity index (χ4n) is 3.38. The maximum Gasteiger partial charge on any atom is 0.254 e. The number of ether oxygens (including phenoxy) is 1. The number of rotatable bonds is 4. The Morgan fingerprint density at radius 3 is 2.96 bits per heavy atom. The average molecular weight is 351 g/mol. The van der Waals surface area contributed by atoms with E-state index in [1.54, 1.807) is 6.20 Å². The number of nitrogens with zero attached hydrogens (tertiary/aromatic N) is 2. The van der Waals surface area contributed by atoms with Gasteiger partial charge in [-0.15, -0.1) is 0 Å². The average Bonchev–Trinajstić information content (AvgIpc) is 3.09. The standard InChI is InChI=1S/C20H18FN3O2/c21-17-10-22-7-6-16(17)20(25)24-19-12-26-11-14(19)9-13-5-8-23-18-4-2-1-3-15(13)18/h1-8,10,14,19H,9,11-12H2,(H,24,25)/t14-,19+/m1/s1. The first-order valence-electron chi connectivity index (χ1n) is 8.53. The summed E-state index contributed by atoms with van der Waals surface area (Å²) >= 11 is 0. The number of benzene rings is 1. The van der Waals surface area contributed by atoms with Crippen molar-refractivity contribution >= 4 is 16.8 Å². The largest absolute Gasteiger partial charge is 0.379 e. The second kappa shape index (κ2) is 7.17. The van der Waals surface area contributed by atoms with Crippen LogP contribution in [0.25, 0.3) is 10.9 Å². The van der Waals surface area contributed by atoms with Crippen LogP contribution in [0.15, 0.2) is 55.0 Å². The van der Waals surface area contributed by atoms with Crippen LogP contribution < -0.4 is 5.32 Å². The number of para-hydroxylation sites is 1. The van der Waals surface area contributed by atoms with Crippen LogP contribution >= 0.6 is 0 Å². The van der Waals surface area contributed by atoms with Gasteiger partial charge in [0.15, 0.2) is 5.82 Å². The Balaban J connectivity index is 1.52. The van der Waals surface area contributed by atoms with Gasteiger partial charge in [-0.2, -0.15) is 0 Å². The number of hydrogen-bond donors (Lipinski definition) is 1. The molecule has 0 unspecified atom stereocenters. The smallest absolute Gasteiger partial charge is 0.254 e. The fourth-order valence-corrected chi connectivity index (χ4v) is 3.38. The lowest BCUT2D eigenvalue weighted by molar-refractivity contribution is 0.0921. The van der Waals surface area contributed by atoms with Crippen molar-refractivity contribution in [2.75, 3.05) is 13.2 Å². The topological polar surface area (TPSA) is 64.1 Å². The van der Waals surface area contributed by atoms with Gasteiger partial charge in [-0.1, -0.05) is 18.2 Å². The summed E-state index contributed by atoms with van der Waals surface area (Å²) < 4.78 is 19.4.